The van der Waals surface area contributed by atoms with E-state index >= 15 is 0 Å². The van der Waals surface area contributed by atoms with Crippen LogP contribution in [0.2, 0.25) is 0 Å². The van der Waals surface area contributed by atoms with E-state index in [1.165, 1.54) is 16.7 Å². The van der Waals surface area contributed by atoms with E-state index in [0.29, 0.717) is 12.5 Å². The van der Waals surface area contributed by atoms with Crippen molar-refractivity contribution in [3.8, 4) is 17.0 Å². The Morgan fingerprint density at radius 2 is 2.04 bits per heavy atom. The summed E-state index contributed by atoms with van der Waals surface area (Å²) in [6.07, 6.45) is 10.9. The maximum absolute atomic E-state index is 5.96. The smallest absolute Gasteiger partial charge is 0.214 e. The van der Waals surface area contributed by atoms with Crippen LogP contribution in [0.1, 0.15) is 23.4 Å². The Bertz CT molecular complexity index is 1070. The number of hydrogen-bond donors (Lipinski definition) is 0. The van der Waals surface area contributed by atoms with Gasteiger partial charge in [0.25, 0.3) is 0 Å². The van der Waals surface area contributed by atoms with E-state index in [9.17, 15) is 0 Å². The number of nitrogens with zero attached hydrogens (tertiary/aromatic N) is 4. The lowest BCUT2D eigenvalue weighted by Crippen LogP contribution is -2.02. The van der Waals surface area contributed by atoms with Gasteiger partial charge >= 0.3 is 0 Å². The summed E-state index contributed by atoms with van der Waals surface area (Å²) in [6, 6.07) is 12.1. The van der Waals surface area contributed by atoms with Crippen LogP contribution in [0.25, 0.3) is 16.8 Å². The van der Waals surface area contributed by atoms with Crippen molar-refractivity contribution in [1.82, 2.24) is 19.4 Å². The van der Waals surface area contributed by atoms with Gasteiger partial charge in [-0.25, -0.2) is 9.97 Å². The molecule has 4 aromatic rings. The fraction of sp³-hybridized carbons (Fsp3) is 0.190. The fourth-order valence-corrected chi connectivity index (χ4v) is 3.56. The molecule has 0 atom stereocenters. The van der Waals surface area contributed by atoms with E-state index in [1.54, 1.807) is 6.20 Å². The summed E-state index contributed by atoms with van der Waals surface area (Å²) >= 11 is 0. The van der Waals surface area contributed by atoms with Gasteiger partial charge in [0.1, 0.15) is 12.3 Å². The zero-order valence-corrected chi connectivity index (χ0v) is 14.3. The van der Waals surface area contributed by atoms with Crippen LogP contribution < -0.4 is 4.74 Å². The van der Waals surface area contributed by atoms with Crippen molar-refractivity contribution >= 4 is 5.65 Å². The molecule has 5 rings (SSSR count). The molecule has 0 aliphatic heterocycles. The molecule has 0 amide bonds. The SMILES string of the molecule is c1ccc(COc2cc(-c3ccc4nccn4c3)c3c(n2)CCC3)nc1. The van der Waals surface area contributed by atoms with Crippen molar-refractivity contribution in [3.05, 3.63) is 78.1 Å². The Morgan fingerprint density at radius 3 is 2.96 bits per heavy atom. The van der Waals surface area contributed by atoms with Crippen molar-refractivity contribution in [3.63, 3.8) is 0 Å². The van der Waals surface area contributed by atoms with E-state index in [-0.39, 0.29) is 0 Å². The van der Waals surface area contributed by atoms with Crippen LogP contribution in [-0.2, 0) is 19.4 Å². The number of rotatable bonds is 4. The summed E-state index contributed by atoms with van der Waals surface area (Å²) in [6.45, 7) is 0.423. The third-order valence-electron chi connectivity index (χ3n) is 4.82. The minimum absolute atomic E-state index is 0.423. The van der Waals surface area contributed by atoms with Gasteiger partial charge in [-0.1, -0.05) is 6.07 Å². The monoisotopic (exact) mass is 342 g/mol. The maximum atomic E-state index is 5.96. The van der Waals surface area contributed by atoms with Crippen molar-refractivity contribution < 1.29 is 4.74 Å². The highest BCUT2D eigenvalue weighted by atomic mass is 16.5. The first kappa shape index (κ1) is 15.1. The minimum Gasteiger partial charge on any atom is -0.471 e. The first-order chi connectivity index (χ1) is 12.9. The summed E-state index contributed by atoms with van der Waals surface area (Å²) in [7, 11) is 0. The zero-order chi connectivity index (χ0) is 17.3. The number of fused-ring (bicyclic) bond motifs is 2. The van der Waals surface area contributed by atoms with Gasteiger partial charge in [0, 0.05) is 36.5 Å². The third-order valence-corrected chi connectivity index (χ3v) is 4.82. The lowest BCUT2D eigenvalue weighted by atomic mass is 10.0. The molecule has 0 N–H and O–H groups in total. The fourth-order valence-electron chi connectivity index (χ4n) is 3.56. The average molecular weight is 342 g/mol. The molecule has 0 unspecified atom stereocenters. The van der Waals surface area contributed by atoms with Crippen LogP contribution in [-0.4, -0.2) is 19.4 Å². The molecule has 5 heteroatoms. The second-order valence-electron chi connectivity index (χ2n) is 6.51. The van der Waals surface area contributed by atoms with Crippen LogP contribution in [0.5, 0.6) is 5.88 Å². The average Bonchev–Trinajstić information content (AvgIpc) is 3.35. The molecule has 1 aliphatic carbocycles. The Hall–Kier alpha value is -3.21. The number of imidazole rings is 1. The summed E-state index contributed by atoms with van der Waals surface area (Å²) in [5.74, 6) is 0.664. The lowest BCUT2D eigenvalue weighted by Gasteiger charge is -2.12. The Morgan fingerprint density at radius 1 is 1.04 bits per heavy atom. The van der Waals surface area contributed by atoms with E-state index < -0.39 is 0 Å². The van der Waals surface area contributed by atoms with Gasteiger partial charge in [-0.15, -0.1) is 0 Å². The van der Waals surface area contributed by atoms with E-state index in [0.717, 1.165) is 36.3 Å². The topological polar surface area (TPSA) is 52.3 Å². The number of aryl methyl sites for hydroxylation is 1. The summed E-state index contributed by atoms with van der Waals surface area (Å²) in [5.41, 5.74) is 6.72. The van der Waals surface area contributed by atoms with Gasteiger partial charge in [-0.05, 0) is 60.2 Å². The summed E-state index contributed by atoms with van der Waals surface area (Å²) in [4.78, 5) is 13.4. The predicted molar refractivity (Wildman–Crippen MR) is 99.0 cm³/mol. The van der Waals surface area contributed by atoms with Gasteiger partial charge in [0.2, 0.25) is 5.88 Å². The summed E-state index contributed by atoms with van der Waals surface area (Å²) in [5, 5.41) is 0. The highest BCUT2D eigenvalue weighted by Gasteiger charge is 2.20. The molecule has 5 nitrogen and oxygen atoms in total. The second kappa shape index (κ2) is 6.26. The molecular weight excluding hydrogens is 324 g/mol. The second-order valence-corrected chi connectivity index (χ2v) is 6.51. The number of aromatic nitrogens is 4. The van der Waals surface area contributed by atoms with Crippen molar-refractivity contribution in [2.45, 2.75) is 25.9 Å². The predicted octanol–water partition coefficient (Wildman–Crippen LogP) is 3.86. The molecule has 0 saturated heterocycles. The molecule has 0 spiro atoms. The Kier molecular flexibility index (Phi) is 3.63. The van der Waals surface area contributed by atoms with Crippen LogP contribution in [0.3, 0.4) is 0 Å². The van der Waals surface area contributed by atoms with Crippen molar-refractivity contribution in [2.24, 2.45) is 0 Å². The van der Waals surface area contributed by atoms with Gasteiger partial charge in [-0.2, -0.15) is 0 Å². The molecule has 0 aromatic carbocycles. The van der Waals surface area contributed by atoms with Crippen LogP contribution >= 0.6 is 0 Å². The minimum atomic E-state index is 0.423. The summed E-state index contributed by atoms with van der Waals surface area (Å²) < 4.78 is 8.01. The highest BCUT2D eigenvalue weighted by molar-refractivity contribution is 5.70. The van der Waals surface area contributed by atoms with Gasteiger partial charge in [0.15, 0.2) is 0 Å². The molecular formula is C21H18N4O. The molecule has 26 heavy (non-hydrogen) atoms. The number of hydrogen-bond acceptors (Lipinski definition) is 4. The molecule has 1 aliphatic rings. The molecule has 128 valence electrons. The first-order valence-corrected chi connectivity index (χ1v) is 8.85. The zero-order valence-electron chi connectivity index (χ0n) is 14.3. The molecule has 0 saturated carbocycles. The normalized spacial score (nSPS) is 13.1. The van der Waals surface area contributed by atoms with Crippen molar-refractivity contribution in [1.29, 1.82) is 0 Å². The number of pyridine rings is 3. The highest BCUT2D eigenvalue weighted by Crippen LogP contribution is 2.34. The molecule has 4 aromatic heterocycles. The molecule has 0 bridgehead atoms. The molecule has 4 heterocycles. The molecule has 0 fully saturated rings. The van der Waals surface area contributed by atoms with Gasteiger partial charge < -0.3 is 9.14 Å². The van der Waals surface area contributed by atoms with Gasteiger partial charge in [0.05, 0.1) is 5.69 Å². The van der Waals surface area contributed by atoms with Gasteiger partial charge in [-0.3, -0.25) is 4.98 Å². The van der Waals surface area contributed by atoms with E-state index in [2.05, 4.69) is 28.3 Å². The standard InChI is InChI=1S/C21H18N4O/c1-2-9-22-16(4-1)14-26-21-12-18(17-5-3-6-19(17)24-21)15-7-8-20-23-10-11-25(20)13-15/h1-2,4,7-13H,3,5-6,14H2. The largest absolute Gasteiger partial charge is 0.471 e. The Balaban J connectivity index is 1.53. The van der Waals surface area contributed by atoms with Crippen LogP contribution in [0.4, 0.5) is 0 Å². The Labute approximate surface area is 151 Å². The van der Waals surface area contributed by atoms with E-state index in [4.69, 9.17) is 9.72 Å². The quantitative estimate of drug-likeness (QED) is 0.565. The maximum Gasteiger partial charge on any atom is 0.214 e. The van der Waals surface area contributed by atoms with Crippen molar-refractivity contribution in [2.75, 3.05) is 0 Å². The first-order valence-electron chi connectivity index (χ1n) is 8.85. The third kappa shape index (κ3) is 2.71. The lowest BCUT2D eigenvalue weighted by molar-refractivity contribution is 0.288. The number of ether oxygens (including phenoxy) is 1. The van der Waals surface area contributed by atoms with Crippen LogP contribution in [0, 0.1) is 0 Å². The van der Waals surface area contributed by atoms with E-state index in [1.807, 2.05) is 41.1 Å². The van der Waals surface area contributed by atoms with Crippen LogP contribution in [0.15, 0.2) is 61.2 Å². The molecule has 0 radical (unpaired) electrons.